The maximum Gasteiger partial charge on any atom is 0.306 e. The molecule has 2 aromatic rings. The fourth-order valence-corrected chi connectivity index (χ4v) is 2.07. The minimum atomic E-state index is -0.303. The summed E-state index contributed by atoms with van der Waals surface area (Å²) in [7, 11) is 0. The molecule has 108 valence electrons. The Morgan fingerprint density at radius 3 is 2.81 bits per heavy atom. The Balaban J connectivity index is 1.87. The van der Waals surface area contributed by atoms with Gasteiger partial charge in [0, 0.05) is 17.5 Å². The Kier molecular flexibility index (Phi) is 4.72. The van der Waals surface area contributed by atoms with Crippen molar-refractivity contribution < 1.29 is 14.1 Å². The molecule has 0 aliphatic carbocycles. The van der Waals surface area contributed by atoms with E-state index in [-0.39, 0.29) is 19.0 Å². The molecule has 5 heteroatoms. The maximum atomic E-state index is 11.8. The quantitative estimate of drug-likeness (QED) is 0.789. The van der Waals surface area contributed by atoms with Crippen LogP contribution in [0.2, 0.25) is 0 Å². The van der Waals surface area contributed by atoms with Gasteiger partial charge in [0.25, 0.3) is 0 Å². The lowest BCUT2D eigenvalue weighted by Crippen LogP contribution is -2.07. The second-order valence-electron chi connectivity index (χ2n) is 4.73. The van der Waals surface area contributed by atoms with E-state index in [1.165, 1.54) is 0 Å². The van der Waals surface area contributed by atoms with E-state index in [2.05, 4.69) is 11.2 Å². The molecule has 1 heterocycles. The van der Waals surface area contributed by atoms with Crippen LogP contribution in [0.1, 0.15) is 34.6 Å². The fourth-order valence-electron chi connectivity index (χ4n) is 2.07. The minimum absolute atomic E-state index is 0.115. The average Bonchev–Trinajstić information content (AvgIpc) is 2.82. The number of aryl methyl sites for hydroxylation is 2. The van der Waals surface area contributed by atoms with E-state index in [9.17, 15) is 4.79 Å². The van der Waals surface area contributed by atoms with Crippen LogP contribution in [0.15, 0.2) is 28.8 Å². The molecule has 0 amide bonds. The maximum absolute atomic E-state index is 11.8. The van der Waals surface area contributed by atoms with Gasteiger partial charge in [0.1, 0.15) is 12.4 Å². The van der Waals surface area contributed by atoms with Crippen molar-refractivity contribution in [3.63, 3.8) is 0 Å². The van der Waals surface area contributed by atoms with Gasteiger partial charge < -0.3 is 9.26 Å². The molecule has 0 spiro atoms. The molecule has 0 unspecified atom stereocenters. The van der Waals surface area contributed by atoms with Gasteiger partial charge in [-0.15, -0.1) is 0 Å². The first-order valence-electron chi connectivity index (χ1n) is 6.67. The number of rotatable bonds is 5. The van der Waals surface area contributed by atoms with E-state index in [4.69, 9.17) is 14.5 Å². The molecule has 21 heavy (non-hydrogen) atoms. The first-order chi connectivity index (χ1) is 10.1. The van der Waals surface area contributed by atoms with Gasteiger partial charge >= 0.3 is 5.97 Å². The van der Waals surface area contributed by atoms with Crippen LogP contribution < -0.4 is 0 Å². The molecule has 0 aliphatic rings. The fraction of sp³-hybridized carbons (Fsp3) is 0.312. The van der Waals surface area contributed by atoms with Crippen molar-refractivity contribution in [3.8, 4) is 6.07 Å². The summed E-state index contributed by atoms with van der Waals surface area (Å²) >= 11 is 0. The zero-order valence-electron chi connectivity index (χ0n) is 12.0. The van der Waals surface area contributed by atoms with Crippen LogP contribution in [-0.4, -0.2) is 11.1 Å². The molecule has 0 saturated carbocycles. The summed E-state index contributed by atoms with van der Waals surface area (Å²) in [6.45, 7) is 3.79. The number of carbonyl (C=O) groups is 1. The van der Waals surface area contributed by atoms with Gasteiger partial charge in [-0.2, -0.15) is 5.26 Å². The summed E-state index contributed by atoms with van der Waals surface area (Å²) in [6, 6.07) is 9.15. The minimum Gasteiger partial charge on any atom is -0.461 e. The molecule has 0 atom stereocenters. The van der Waals surface area contributed by atoms with Crippen LogP contribution in [0.25, 0.3) is 0 Å². The predicted molar refractivity (Wildman–Crippen MR) is 75.3 cm³/mol. The third-order valence-electron chi connectivity index (χ3n) is 3.29. The molecule has 0 saturated heterocycles. The van der Waals surface area contributed by atoms with Gasteiger partial charge in [-0.3, -0.25) is 4.79 Å². The van der Waals surface area contributed by atoms with Crippen LogP contribution in [0.4, 0.5) is 0 Å². The van der Waals surface area contributed by atoms with Crippen LogP contribution in [-0.2, 0) is 22.6 Å². The first-order valence-corrected chi connectivity index (χ1v) is 6.67. The van der Waals surface area contributed by atoms with Gasteiger partial charge in [-0.05, 0) is 26.3 Å². The third-order valence-corrected chi connectivity index (χ3v) is 3.29. The number of aromatic nitrogens is 1. The zero-order valence-corrected chi connectivity index (χ0v) is 12.0. The lowest BCUT2D eigenvalue weighted by molar-refractivity contribution is -0.144. The van der Waals surface area contributed by atoms with Gasteiger partial charge in [0.15, 0.2) is 0 Å². The number of ether oxygens (including phenoxy) is 1. The highest BCUT2D eigenvalue weighted by Gasteiger charge is 2.12. The Bertz CT molecular complexity index is 664. The number of carbonyl (C=O) groups excluding carboxylic acids is 1. The van der Waals surface area contributed by atoms with Crippen LogP contribution in [0, 0.1) is 25.2 Å². The van der Waals surface area contributed by atoms with Gasteiger partial charge in [0.2, 0.25) is 0 Å². The largest absolute Gasteiger partial charge is 0.461 e. The summed E-state index contributed by atoms with van der Waals surface area (Å²) in [6.07, 6.45) is 0.803. The summed E-state index contributed by atoms with van der Waals surface area (Å²) in [5.74, 6) is 0.429. The molecule has 0 radical (unpaired) electrons. The van der Waals surface area contributed by atoms with Crippen molar-refractivity contribution in [3.05, 3.63) is 52.4 Å². The number of nitriles is 1. The first kappa shape index (κ1) is 14.8. The number of benzene rings is 1. The Morgan fingerprint density at radius 1 is 1.38 bits per heavy atom. The molecule has 1 aromatic heterocycles. The van der Waals surface area contributed by atoms with E-state index >= 15 is 0 Å². The average molecular weight is 284 g/mol. The Hall–Kier alpha value is -2.61. The lowest BCUT2D eigenvalue weighted by Gasteiger charge is -2.06. The number of hydrogen-bond acceptors (Lipinski definition) is 5. The molecular weight excluding hydrogens is 268 g/mol. The highest BCUT2D eigenvalue weighted by Crippen LogP contribution is 2.15. The molecule has 2 rings (SSSR count). The lowest BCUT2D eigenvalue weighted by atomic mass is 10.1. The second kappa shape index (κ2) is 6.71. The van der Waals surface area contributed by atoms with E-state index in [1.807, 2.05) is 19.9 Å². The van der Waals surface area contributed by atoms with Crippen molar-refractivity contribution in [2.24, 2.45) is 0 Å². The van der Waals surface area contributed by atoms with Crippen LogP contribution >= 0.6 is 0 Å². The Morgan fingerprint density at radius 2 is 2.14 bits per heavy atom. The van der Waals surface area contributed by atoms with Crippen LogP contribution in [0.5, 0.6) is 0 Å². The SMILES string of the molecule is Cc1noc(C)c1CCC(=O)OCc1ccccc1C#N. The normalized spacial score (nSPS) is 10.1. The third kappa shape index (κ3) is 3.69. The van der Waals surface area contributed by atoms with Gasteiger partial charge in [-0.1, -0.05) is 23.4 Å². The number of nitrogens with zero attached hydrogens (tertiary/aromatic N) is 2. The predicted octanol–water partition coefficient (Wildman–Crippen LogP) is 2.84. The zero-order chi connectivity index (χ0) is 15.2. The van der Waals surface area contributed by atoms with E-state index in [1.54, 1.807) is 18.2 Å². The van der Waals surface area contributed by atoms with Crippen molar-refractivity contribution in [1.82, 2.24) is 5.16 Å². The van der Waals surface area contributed by atoms with Crippen molar-refractivity contribution in [2.75, 3.05) is 0 Å². The highest BCUT2D eigenvalue weighted by atomic mass is 16.5. The molecule has 0 N–H and O–H groups in total. The standard InChI is InChI=1S/C16H16N2O3/c1-11-15(12(2)21-18-11)7-8-16(19)20-10-14-6-4-3-5-13(14)9-17/h3-6H,7-8,10H2,1-2H3. The van der Waals surface area contributed by atoms with Crippen molar-refractivity contribution in [1.29, 1.82) is 5.26 Å². The van der Waals surface area contributed by atoms with Gasteiger partial charge in [0.05, 0.1) is 17.3 Å². The van der Waals surface area contributed by atoms with Gasteiger partial charge in [-0.25, -0.2) is 0 Å². The molecule has 1 aromatic carbocycles. The van der Waals surface area contributed by atoms with E-state index in [0.29, 0.717) is 17.5 Å². The molecule has 0 fully saturated rings. The van der Waals surface area contributed by atoms with Crippen molar-refractivity contribution in [2.45, 2.75) is 33.3 Å². The molecule has 5 nitrogen and oxygen atoms in total. The highest BCUT2D eigenvalue weighted by molar-refractivity contribution is 5.69. The second-order valence-corrected chi connectivity index (χ2v) is 4.73. The number of esters is 1. The summed E-state index contributed by atoms with van der Waals surface area (Å²) in [5.41, 5.74) is 2.99. The van der Waals surface area contributed by atoms with E-state index < -0.39 is 0 Å². The molecule has 0 bridgehead atoms. The molecule has 0 aliphatic heterocycles. The van der Waals surface area contributed by atoms with E-state index in [0.717, 1.165) is 17.0 Å². The summed E-state index contributed by atoms with van der Waals surface area (Å²) in [4.78, 5) is 11.8. The van der Waals surface area contributed by atoms with Crippen molar-refractivity contribution >= 4 is 5.97 Å². The van der Waals surface area contributed by atoms with Crippen LogP contribution in [0.3, 0.4) is 0 Å². The topological polar surface area (TPSA) is 76.1 Å². The summed E-state index contributed by atoms with van der Waals surface area (Å²) in [5, 5.41) is 12.8. The smallest absolute Gasteiger partial charge is 0.306 e. The monoisotopic (exact) mass is 284 g/mol. The Labute approximate surface area is 123 Å². The summed E-state index contributed by atoms with van der Waals surface area (Å²) < 4.78 is 10.3. The number of hydrogen-bond donors (Lipinski definition) is 0. The molecular formula is C16H16N2O3.